The molecule has 1 N–H and O–H groups in total. The summed E-state index contributed by atoms with van der Waals surface area (Å²) >= 11 is 0. The van der Waals surface area contributed by atoms with Crippen molar-refractivity contribution in [3.63, 3.8) is 0 Å². The molecule has 1 aliphatic carbocycles. The van der Waals surface area contributed by atoms with Gasteiger partial charge in [0.25, 0.3) is 0 Å². The Kier molecular flexibility index (Phi) is 7.70. The molecule has 3 atom stereocenters. The molecule has 2 nitrogen and oxygen atoms in total. The summed E-state index contributed by atoms with van der Waals surface area (Å²) < 4.78 is 0. The summed E-state index contributed by atoms with van der Waals surface area (Å²) in [6.07, 6.45) is 5.40. The van der Waals surface area contributed by atoms with Gasteiger partial charge in [-0.25, -0.2) is 0 Å². The smallest absolute Gasteiger partial charge is 0.0108 e. The highest BCUT2D eigenvalue weighted by molar-refractivity contribution is 4.90. The zero-order valence-electron chi connectivity index (χ0n) is 15.7. The van der Waals surface area contributed by atoms with Gasteiger partial charge < -0.3 is 10.2 Å². The summed E-state index contributed by atoms with van der Waals surface area (Å²) in [6.45, 7) is 17.8. The van der Waals surface area contributed by atoms with Gasteiger partial charge in [-0.05, 0) is 62.4 Å². The Balaban J connectivity index is 2.64. The van der Waals surface area contributed by atoms with E-state index in [0.717, 1.165) is 23.8 Å². The maximum Gasteiger partial charge on any atom is 0.0108 e. The van der Waals surface area contributed by atoms with E-state index in [1.54, 1.807) is 0 Å². The highest BCUT2D eigenvalue weighted by Gasteiger charge is 2.35. The Bertz CT molecular complexity index is 280. The first-order valence-corrected chi connectivity index (χ1v) is 9.16. The van der Waals surface area contributed by atoms with Crippen LogP contribution < -0.4 is 5.32 Å². The third-order valence-corrected chi connectivity index (χ3v) is 5.09. The van der Waals surface area contributed by atoms with Gasteiger partial charge in [-0.2, -0.15) is 0 Å². The maximum atomic E-state index is 3.83. The van der Waals surface area contributed by atoms with Crippen molar-refractivity contribution in [2.24, 2.45) is 23.2 Å². The molecule has 3 unspecified atom stereocenters. The van der Waals surface area contributed by atoms with Crippen molar-refractivity contribution in [3.8, 4) is 0 Å². The molecule has 0 amide bonds. The molecule has 0 radical (unpaired) electrons. The average molecular weight is 297 g/mol. The first-order valence-electron chi connectivity index (χ1n) is 9.16. The van der Waals surface area contributed by atoms with E-state index in [1.807, 2.05) is 0 Å². The molecule has 0 aromatic carbocycles. The van der Waals surface area contributed by atoms with E-state index in [0.29, 0.717) is 5.41 Å². The average Bonchev–Trinajstić information content (AvgIpc) is 2.35. The maximum absolute atomic E-state index is 3.83. The molecular weight excluding hydrogens is 256 g/mol. The lowest BCUT2D eigenvalue weighted by atomic mass is 9.67. The van der Waals surface area contributed by atoms with Crippen LogP contribution in [0.25, 0.3) is 0 Å². The SMILES string of the molecule is CCCNC1CCC(C(C)(C)C)CC1CN(C)CC(C)C. The number of hydrogen-bond acceptors (Lipinski definition) is 2. The fourth-order valence-electron chi connectivity index (χ4n) is 3.95. The van der Waals surface area contributed by atoms with Crippen LogP contribution in [0.4, 0.5) is 0 Å². The van der Waals surface area contributed by atoms with E-state index in [-0.39, 0.29) is 0 Å². The van der Waals surface area contributed by atoms with Crippen LogP contribution in [-0.4, -0.2) is 37.6 Å². The normalized spacial score (nSPS) is 27.6. The Hall–Kier alpha value is -0.0800. The van der Waals surface area contributed by atoms with Crippen molar-refractivity contribution in [2.75, 3.05) is 26.7 Å². The van der Waals surface area contributed by atoms with Crippen molar-refractivity contribution in [1.29, 1.82) is 0 Å². The number of rotatable bonds is 7. The van der Waals surface area contributed by atoms with Crippen molar-refractivity contribution >= 4 is 0 Å². The van der Waals surface area contributed by atoms with Gasteiger partial charge >= 0.3 is 0 Å². The second-order valence-corrected chi connectivity index (χ2v) is 8.81. The summed E-state index contributed by atoms with van der Waals surface area (Å²) in [5.74, 6) is 2.46. The Morgan fingerprint density at radius 1 is 1.19 bits per heavy atom. The molecule has 1 fully saturated rings. The largest absolute Gasteiger partial charge is 0.314 e. The predicted molar refractivity (Wildman–Crippen MR) is 94.7 cm³/mol. The lowest BCUT2D eigenvalue weighted by Crippen LogP contribution is -2.47. The van der Waals surface area contributed by atoms with Gasteiger partial charge in [0.15, 0.2) is 0 Å². The van der Waals surface area contributed by atoms with Gasteiger partial charge in [0.2, 0.25) is 0 Å². The van der Waals surface area contributed by atoms with Crippen LogP contribution in [0.15, 0.2) is 0 Å². The minimum Gasteiger partial charge on any atom is -0.314 e. The predicted octanol–water partition coefficient (Wildman–Crippen LogP) is 4.40. The van der Waals surface area contributed by atoms with Gasteiger partial charge in [-0.3, -0.25) is 0 Å². The molecule has 2 heteroatoms. The zero-order valence-corrected chi connectivity index (χ0v) is 15.7. The third kappa shape index (κ3) is 6.69. The lowest BCUT2D eigenvalue weighted by Gasteiger charge is -2.43. The second-order valence-electron chi connectivity index (χ2n) is 8.81. The molecule has 0 spiro atoms. The van der Waals surface area contributed by atoms with Crippen molar-refractivity contribution in [2.45, 2.75) is 73.3 Å². The quantitative estimate of drug-likeness (QED) is 0.749. The molecule has 0 saturated heterocycles. The van der Waals surface area contributed by atoms with Crippen LogP contribution in [0, 0.1) is 23.2 Å². The minimum absolute atomic E-state index is 0.463. The molecule has 1 saturated carbocycles. The summed E-state index contributed by atoms with van der Waals surface area (Å²) in [5.41, 5.74) is 0.463. The number of nitrogens with zero attached hydrogens (tertiary/aromatic N) is 1. The molecule has 21 heavy (non-hydrogen) atoms. The first kappa shape index (κ1) is 19.0. The summed E-state index contributed by atoms with van der Waals surface area (Å²) in [6, 6.07) is 0.734. The molecule has 1 aliphatic rings. The van der Waals surface area contributed by atoms with Gasteiger partial charge in [0.05, 0.1) is 0 Å². The summed E-state index contributed by atoms with van der Waals surface area (Å²) in [4.78, 5) is 2.56. The fraction of sp³-hybridized carbons (Fsp3) is 1.00. The monoisotopic (exact) mass is 296 g/mol. The van der Waals surface area contributed by atoms with Gasteiger partial charge in [-0.15, -0.1) is 0 Å². The van der Waals surface area contributed by atoms with Gasteiger partial charge in [0.1, 0.15) is 0 Å². The standard InChI is InChI=1S/C19H40N2/c1-8-11-20-18-10-9-17(19(4,5)6)12-16(18)14-21(7)13-15(2)3/h15-18,20H,8-14H2,1-7H3. The number of nitrogens with one attached hydrogen (secondary N) is 1. The van der Waals surface area contributed by atoms with E-state index in [2.05, 4.69) is 58.8 Å². The molecule has 0 bridgehead atoms. The molecule has 1 rings (SSSR count). The van der Waals surface area contributed by atoms with E-state index >= 15 is 0 Å². The van der Waals surface area contributed by atoms with E-state index in [4.69, 9.17) is 0 Å². The fourth-order valence-corrected chi connectivity index (χ4v) is 3.95. The Morgan fingerprint density at radius 2 is 1.86 bits per heavy atom. The van der Waals surface area contributed by atoms with E-state index in [9.17, 15) is 0 Å². The molecule has 126 valence electrons. The van der Waals surface area contributed by atoms with Crippen LogP contribution in [-0.2, 0) is 0 Å². The molecule has 0 aliphatic heterocycles. The molecule has 0 aromatic heterocycles. The van der Waals surface area contributed by atoms with E-state index in [1.165, 1.54) is 45.3 Å². The van der Waals surface area contributed by atoms with Crippen LogP contribution in [0.3, 0.4) is 0 Å². The molecule has 0 aromatic rings. The van der Waals surface area contributed by atoms with Crippen molar-refractivity contribution in [1.82, 2.24) is 10.2 Å². The minimum atomic E-state index is 0.463. The first-order chi connectivity index (χ1) is 9.74. The molecular formula is C19H40N2. The van der Waals surface area contributed by atoms with Crippen molar-refractivity contribution in [3.05, 3.63) is 0 Å². The van der Waals surface area contributed by atoms with Crippen LogP contribution >= 0.6 is 0 Å². The number of hydrogen-bond donors (Lipinski definition) is 1. The van der Waals surface area contributed by atoms with Gasteiger partial charge in [-0.1, -0.05) is 41.5 Å². The van der Waals surface area contributed by atoms with E-state index < -0.39 is 0 Å². The highest BCUT2D eigenvalue weighted by atomic mass is 15.1. The van der Waals surface area contributed by atoms with Crippen LogP contribution in [0.1, 0.15) is 67.2 Å². The second kappa shape index (κ2) is 8.53. The molecule has 0 heterocycles. The summed E-state index contributed by atoms with van der Waals surface area (Å²) in [7, 11) is 2.30. The zero-order chi connectivity index (χ0) is 16.0. The van der Waals surface area contributed by atoms with Crippen molar-refractivity contribution < 1.29 is 0 Å². The Labute approximate surface area is 134 Å². The van der Waals surface area contributed by atoms with Crippen LogP contribution in [0.2, 0.25) is 0 Å². The third-order valence-electron chi connectivity index (χ3n) is 5.09. The lowest BCUT2D eigenvalue weighted by molar-refractivity contribution is 0.0909. The summed E-state index contributed by atoms with van der Waals surface area (Å²) in [5, 5.41) is 3.83. The Morgan fingerprint density at radius 3 is 2.38 bits per heavy atom. The highest BCUT2D eigenvalue weighted by Crippen LogP contribution is 2.40. The topological polar surface area (TPSA) is 15.3 Å². The van der Waals surface area contributed by atoms with Crippen LogP contribution in [0.5, 0.6) is 0 Å². The van der Waals surface area contributed by atoms with Gasteiger partial charge in [0, 0.05) is 19.1 Å².